The number of nitrogens with one attached hydrogen (secondary N) is 2. The van der Waals surface area contributed by atoms with Gasteiger partial charge >= 0.3 is 19.4 Å². The van der Waals surface area contributed by atoms with Crippen molar-refractivity contribution in [3.63, 3.8) is 0 Å². The van der Waals surface area contributed by atoms with Gasteiger partial charge in [0.05, 0.1) is 18.4 Å². The molecule has 4 N–H and O–H groups in total. The highest BCUT2D eigenvalue weighted by molar-refractivity contribution is 7.52. The van der Waals surface area contributed by atoms with E-state index in [2.05, 4.69) is 5.09 Å². The van der Waals surface area contributed by atoms with Crippen molar-refractivity contribution in [2.45, 2.75) is 50.8 Å². The first kappa shape index (κ1) is 24.8. The Bertz CT molecular complexity index is 1160. The zero-order valence-corrected chi connectivity index (χ0v) is 18.5. The predicted molar refractivity (Wildman–Crippen MR) is 111 cm³/mol. The zero-order valence-electron chi connectivity index (χ0n) is 17.6. The van der Waals surface area contributed by atoms with Gasteiger partial charge in [-0.05, 0) is 26.0 Å². The second-order valence-electron chi connectivity index (χ2n) is 7.40. The lowest BCUT2D eigenvalue weighted by molar-refractivity contribution is -0.138. The van der Waals surface area contributed by atoms with Crippen LogP contribution in [0.25, 0.3) is 0 Å². The van der Waals surface area contributed by atoms with E-state index in [1.807, 2.05) is 0 Å². The van der Waals surface area contributed by atoms with E-state index in [9.17, 15) is 33.6 Å². The number of carboxylic acid groups (broad SMARTS) is 1. The van der Waals surface area contributed by atoms with Crippen LogP contribution in [0.15, 0.2) is 46.1 Å². The van der Waals surface area contributed by atoms with Gasteiger partial charge in [0.1, 0.15) is 24.1 Å². The number of aliphatic hydroxyl groups excluding tert-OH is 1. The molecule has 6 atom stereocenters. The average Bonchev–Trinajstić information content (AvgIpc) is 3.12. The molecule has 2 aromatic rings. The molecule has 0 aliphatic carbocycles. The Morgan fingerprint density at radius 3 is 2.64 bits per heavy atom. The fourth-order valence-electron chi connectivity index (χ4n) is 3.22. The Balaban J connectivity index is 1.80. The second-order valence-corrected chi connectivity index (χ2v) is 9.05. The van der Waals surface area contributed by atoms with Gasteiger partial charge in [0.25, 0.3) is 5.56 Å². The highest BCUT2D eigenvalue weighted by Crippen LogP contribution is 2.47. The maximum absolute atomic E-state index is 13.6. The molecule has 1 fully saturated rings. The van der Waals surface area contributed by atoms with E-state index < -0.39 is 61.4 Å². The quantitative estimate of drug-likeness (QED) is 0.374. The Morgan fingerprint density at radius 1 is 1.33 bits per heavy atom. The number of benzene rings is 1. The first-order chi connectivity index (χ1) is 15.5. The van der Waals surface area contributed by atoms with E-state index in [0.29, 0.717) is 6.20 Å². The summed E-state index contributed by atoms with van der Waals surface area (Å²) in [6.45, 7) is 2.64. The molecule has 1 saturated heterocycles. The van der Waals surface area contributed by atoms with Gasteiger partial charge in [-0.3, -0.25) is 23.7 Å². The summed E-state index contributed by atoms with van der Waals surface area (Å²) in [6.07, 6.45) is -4.15. The Labute approximate surface area is 186 Å². The highest BCUT2D eigenvalue weighted by Gasteiger charge is 2.43. The molecule has 0 saturated carbocycles. The smallest absolute Gasteiger partial charge is 0.459 e. The number of hydrogen-bond acceptors (Lipinski definition) is 8. The monoisotopic (exact) mass is 487 g/mol. The lowest BCUT2D eigenvalue weighted by Gasteiger charge is -2.28. The zero-order chi connectivity index (χ0) is 24.3. The molecule has 12 nitrogen and oxygen atoms in total. The number of aromatic nitrogens is 2. The minimum Gasteiger partial charge on any atom is -0.480 e. The number of para-hydroxylation sites is 1. The standard InChI is InChI=1S/C19H23FN3O9P/c1-10(18(26)27)22-33(29,32-12-6-4-3-5-7-12)31-11(2)16-14(24)8-15(30-16)23-9-13(20)17(25)21-19(23)28/h3-7,9-11,14-16,24H,8H2,1-2H3,(H,22,29)(H,26,27)(H,21,25,28)/t10-,11+,14-,15+,16+,33+/m0/s1. The number of aromatic amines is 1. The first-order valence-corrected chi connectivity index (χ1v) is 11.4. The summed E-state index contributed by atoms with van der Waals surface area (Å²) >= 11 is 0. The Morgan fingerprint density at radius 2 is 2.00 bits per heavy atom. The van der Waals surface area contributed by atoms with Gasteiger partial charge in [-0.25, -0.2) is 9.36 Å². The summed E-state index contributed by atoms with van der Waals surface area (Å²) < 4.78 is 44.3. The number of aliphatic hydroxyl groups is 1. The van der Waals surface area contributed by atoms with E-state index in [1.54, 1.807) is 23.2 Å². The van der Waals surface area contributed by atoms with Crippen molar-refractivity contribution < 1.29 is 37.7 Å². The van der Waals surface area contributed by atoms with Crippen LogP contribution in [-0.2, 0) is 18.6 Å². The molecular weight excluding hydrogens is 464 g/mol. The molecule has 180 valence electrons. The van der Waals surface area contributed by atoms with E-state index in [-0.39, 0.29) is 12.2 Å². The van der Waals surface area contributed by atoms with Gasteiger partial charge in [0, 0.05) is 6.42 Å². The van der Waals surface area contributed by atoms with Crippen LogP contribution < -0.4 is 20.9 Å². The number of hydrogen-bond donors (Lipinski definition) is 4. The fraction of sp³-hybridized carbons (Fsp3) is 0.421. The van der Waals surface area contributed by atoms with Crippen LogP contribution in [-0.4, -0.2) is 50.1 Å². The number of carbonyl (C=O) groups is 1. The van der Waals surface area contributed by atoms with Gasteiger partial charge in [0.15, 0.2) is 0 Å². The molecule has 0 radical (unpaired) electrons. The van der Waals surface area contributed by atoms with Crippen LogP contribution in [0, 0.1) is 5.82 Å². The Hall–Kier alpha value is -2.83. The lowest BCUT2D eigenvalue weighted by atomic mass is 10.1. The summed E-state index contributed by atoms with van der Waals surface area (Å²) in [5.74, 6) is -2.38. The van der Waals surface area contributed by atoms with Gasteiger partial charge in [-0.1, -0.05) is 18.2 Å². The molecular formula is C19H23FN3O9P. The number of ether oxygens (including phenoxy) is 1. The van der Waals surface area contributed by atoms with Crippen molar-refractivity contribution in [1.29, 1.82) is 0 Å². The molecule has 0 amide bonds. The van der Waals surface area contributed by atoms with E-state index in [1.165, 1.54) is 26.0 Å². The van der Waals surface area contributed by atoms with E-state index in [0.717, 1.165) is 4.57 Å². The molecule has 33 heavy (non-hydrogen) atoms. The Kier molecular flexibility index (Phi) is 7.50. The molecule has 1 aliphatic heterocycles. The third kappa shape index (κ3) is 5.95. The van der Waals surface area contributed by atoms with Crippen molar-refractivity contribution in [3.8, 4) is 5.75 Å². The lowest BCUT2D eigenvalue weighted by Crippen LogP contribution is -2.39. The molecule has 2 heterocycles. The SMILES string of the molecule is C[C@H](N[P@](=O)(Oc1ccccc1)O[C@H](C)[C@H]1O[C@@H](n2cc(F)c(=O)[nH]c2=O)C[C@@H]1O)C(=O)O. The van der Waals surface area contributed by atoms with Crippen molar-refractivity contribution in [3.05, 3.63) is 63.2 Å². The summed E-state index contributed by atoms with van der Waals surface area (Å²) in [5.41, 5.74) is -2.14. The van der Waals surface area contributed by atoms with Crippen molar-refractivity contribution in [1.82, 2.24) is 14.6 Å². The van der Waals surface area contributed by atoms with Crippen LogP contribution >= 0.6 is 7.75 Å². The number of nitrogens with zero attached hydrogens (tertiary/aromatic N) is 1. The van der Waals surface area contributed by atoms with Crippen LogP contribution in [0.3, 0.4) is 0 Å². The van der Waals surface area contributed by atoms with Crippen LogP contribution in [0.2, 0.25) is 0 Å². The molecule has 1 aromatic heterocycles. The van der Waals surface area contributed by atoms with Crippen molar-refractivity contribution >= 4 is 13.7 Å². The summed E-state index contributed by atoms with van der Waals surface area (Å²) in [4.78, 5) is 36.3. The average molecular weight is 487 g/mol. The third-order valence-electron chi connectivity index (χ3n) is 4.83. The molecule has 3 rings (SSSR count). The molecule has 0 unspecified atom stereocenters. The van der Waals surface area contributed by atoms with Crippen molar-refractivity contribution in [2.24, 2.45) is 0 Å². The second kappa shape index (κ2) is 9.98. The maximum Gasteiger partial charge on any atom is 0.459 e. The van der Waals surface area contributed by atoms with Crippen LogP contribution in [0.1, 0.15) is 26.5 Å². The van der Waals surface area contributed by atoms with Gasteiger partial charge < -0.3 is 19.5 Å². The van der Waals surface area contributed by atoms with E-state index in [4.69, 9.17) is 13.8 Å². The minimum absolute atomic E-state index is 0.138. The van der Waals surface area contributed by atoms with Crippen molar-refractivity contribution in [2.75, 3.05) is 0 Å². The number of aliphatic carboxylic acids is 1. The van der Waals surface area contributed by atoms with Gasteiger partial charge in [-0.2, -0.15) is 9.48 Å². The van der Waals surface area contributed by atoms with Crippen LogP contribution in [0.4, 0.5) is 4.39 Å². The first-order valence-electron chi connectivity index (χ1n) is 9.87. The third-order valence-corrected chi connectivity index (χ3v) is 6.59. The number of halogens is 1. The largest absolute Gasteiger partial charge is 0.480 e. The summed E-state index contributed by atoms with van der Waals surface area (Å²) in [5, 5.41) is 21.9. The molecule has 0 bridgehead atoms. The van der Waals surface area contributed by atoms with Gasteiger partial charge in [-0.15, -0.1) is 0 Å². The maximum atomic E-state index is 13.6. The normalized spacial score (nSPS) is 24.1. The predicted octanol–water partition coefficient (Wildman–Crippen LogP) is 0.979. The number of carboxylic acids is 1. The molecule has 0 spiro atoms. The van der Waals surface area contributed by atoms with Gasteiger partial charge in [0.2, 0.25) is 5.82 Å². The summed E-state index contributed by atoms with van der Waals surface area (Å²) in [7, 11) is -4.30. The summed E-state index contributed by atoms with van der Waals surface area (Å²) in [6, 6.07) is 6.58. The van der Waals surface area contributed by atoms with E-state index >= 15 is 0 Å². The number of rotatable bonds is 9. The highest BCUT2D eigenvalue weighted by atomic mass is 31.2. The molecule has 1 aromatic carbocycles. The van der Waals surface area contributed by atoms with Crippen LogP contribution in [0.5, 0.6) is 5.75 Å². The number of H-pyrrole nitrogens is 1. The fourth-order valence-corrected chi connectivity index (χ4v) is 4.91. The molecule has 14 heteroatoms. The molecule has 1 aliphatic rings. The minimum atomic E-state index is -4.30. The topological polar surface area (TPSA) is 169 Å².